The fraction of sp³-hybridized carbons (Fsp3) is 0.238. The lowest BCUT2D eigenvalue weighted by Gasteiger charge is -2.09. The van der Waals surface area contributed by atoms with E-state index < -0.39 is 0 Å². The van der Waals surface area contributed by atoms with Crippen molar-refractivity contribution in [3.05, 3.63) is 60.2 Å². The van der Waals surface area contributed by atoms with Crippen LogP contribution in [-0.2, 0) is 0 Å². The number of para-hydroxylation sites is 1. The number of phenols is 1. The Bertz CT molecular complexity index is 1020. The van der Waals surface area contributed by atoms with E-state index in [1.54, 1.807) is 12.1 Å². The van der Waals surface area contributed by atoms with Crippen molar-refractivity contribution in [2.45, 2.75) is 30.6 Å². The Morgan fingerprint density at radius 2 is 1.96 bits per heavy atom. The van der Waals surface area contributed by atoms with E-state index >= 15 is 0 Å². The summed E-state index contributed by atoms with van der Waals surface area (Å²) in [5.74, 6) is 1.35. The Morgan fingerprint density at radius 3 is 2.88 bits per heavy atom. The lowest BCUT2D eigenvalue weighted by atomic mass is 10.2. The lowest BCUT2D eigenvalue weighted by molar-refractivity contribution is 0.460. The quantitative estimate of drug-likeness (QED) is 0.700. The van der Waals surface area contributed by atoms with Crippen molar-refractivity contribution in [1.29, 1.82) is 0 Å². The average molecular weight is 362 g/mol. The van der Waals surface area contributed by atoms with Crippen LogP contribution in [0, 0.1) is 0 Å². The first kappa shape index (κ1) is 15.7. The van der Waals surface area contributed by atoms with Crippen molar-refractivity contribution >= 4 is 27.7 Å². The summed E-state index contributed by atoms with van der Waals surface area (Å²) in [4.78, 5) is 9.33. The maximum absolute atomic E-state index is 9.99. The van der Waals surface area contributed by atoms with Crippen LogP contribution in [0.25, 0.3) is 10.9 Å². The molecular formula is C21H18N2O2S. The molecule has 130 valence electrons. The fourth-order valence-corrected chi connectivity index (χ4v) is 5.03. The Labute approximate surface area is 155 Å². The van der Waals surface area contributed by atoms with Gasteiger partial charge in [0.1, 0.15) is 17.0 Å². The first-order valence-electron chi connectivity index (χ1n) is 8.88. The number of thioether (sulfide) groups is 1. The van der Waals surface area contributed by atoms with Crippen LogP contribution in [0.3, 0.4) is 0 Å². The van der Waals surface area contributed by atoms with Crippen LogP contribution in [0.4, 0.5) is 0 Å². The number of fused-ring (bicyclic) bond motifs is 2. The van der Waals surface area contributed by atoms with E-state index in [0.717, 1.165) is 21.7 Å². The third-order valence-electron chi connectivity index (χ3n) is 4.94. The zero-order chi connectivity index (χ0) is 17.5. The van der Waals surface area contributed by atoms with E-state index in [1.807, 2.05) is 48.2 Å². The predicted molar refractivity (Wildman–Crippen MR) is 105 cm³/mol. The maximum Gasteiger partial charge on any atom is 0.219 e. The number of pyridine rings is 1. The lowest BCUT2D eigenvalue weighted by Crippen LogP contribution is -2.07. The number of benzene rings is 2. The molecule has 1 aliphatic heterocycles. The topological polar surface area (TPSA) is 54.7 Å². The van der Waals surface area contributed by atoms with Gasteiger partial charge in [0, 0.05) is 22.3 Å². The molecule has 0 spiro atoms. The minimum atomic E-state index is 0.157. The van der Waals surface area contributed by atoms with Gasteiger partial charge in [-0.05, 0) is 37.1 Å². The van der Waals surface area contributed by atoms with Crippen LogP contribution in [-0.4, -0.2) is 26.4 Å². The summed E-state index contributed by atoms with van der Waals surface area (Å²) in [6, 6.07) is 17.6. The van der Waals surface area contributed by atoms with E-state index in [2.05, 4.69) is 11.1 Å². The number of nitrogens with zero attached hydrogens (tertiary/aromatic N) is 2. The maximum atomic E-state index is 9.99. The SMILES string of the molecule is Oc1cccc2ccc(Oc3cccc(C4=N[C@H]5CCC[C@@H]5S4)c3)nc12. The first-order chi connectivity index (χ1) is 12.8. The highest BCUT2D eigenvalue weighted by Crippen LogP contribution is 2.40. The van der Waals surface area contributed by atoms with Gasteiger partial charge in [0.15, 0.2) is 0 Å². The number of aromatic hydroxyl groups is 1. The van der Waals surface area contributed by atoms with Crippen LogP contribution in [0.1, 0.15) is 24.8 Å². The molecule has 26 heavy (non-hydrogen) atoms. The third kappa shape index (κ3) is 2.82. The molecule has 0 amide bonds. The molecule has 4 nitrogen and oxygen atoms in total. The van der Waals surface area contributed by atoms with Gasteiger partial charge in [0.25, 0.3) is 0 Å². The van der Waals surface area contributed by atoms with Gasteiger partial charge < -0.3 is 9.84 Å². The van der Waals surface area contributed by atoms with E-state index in [1.165, 1.54) is 19.3 Å². The molecular weight excluding hydrogens is 344 g/mol. The minimum absolute atomic E-state index is 0.157. The van der Waals surface area contributed by atoms with Gasteiger partial charge in [-0.1, -0.05) is 30.7 Å². The second kappa shape index (κ2) is 6.32. The number of hydrogen-bond donors (Lipinski definition) is 1. The molecule has 2 aliphatic rings. The van der Waals surface area contributed by atoms with Crippen molar-refractivity contribution in [3.63, 3.8) is 0 Å². The highest BCUT2D eigenvalue weighted by Gasteiger charge is 2.34. The van der Waals surface area contributed by atoms with E-state index in [9.17, 15) is 5.11 Å². The highest BCUT2D eigenvalue weighted by molar-refractivity contribution is 8.15. The summed E-state index contributed by atoms with van der Waals surface area (Å²) in [5.41, 5.74) is 1.65. The second-order valence-electron chi connectivity index (χ2n) is 6.72. The fourth-order valence-electron chi connectivity index (χ4n) is 3.64. The molecule has 2 heterocycles. The molecule has 1 aromatic heterocycles. The highest BCUT2D eigenvalue weighted by atomic mass is 32.2. The van der Waals surface area contributed by atoms with Gasteiger partial charge in [-0.2, -0.15) is 0 Å². The molecule has 5 heteroatoms. The van der Waals surface area contributed by atoms with Crippen molar-refractivity contribution in [2.75, 3.05) is 0 Å². The van der Waals surface area contributed by atoms with Crippen molar-refractivity contribution in [1.82, 2.24) is 4.98 Å². The zero-order valence-electron chi connectivity index (χ0n) is 14.1. The minimum Gasteiger partial charge on any atom is -0.506 e. The van der Waals surface area contributed by atoms with E-state index in [-0.39, 0.29) is 5.75 Å². The van der Waals surface area contributed by atoms with Gasteiger partial charge in [-0.3, -0.25) is 4.99 Å². The molecule has 0 unspecified atom stereocenters. The van der Waals surface area contributed by atoms with E-state index in [0.29, 0.717) is 22.7 Å². The van der Waals surface area contributed by atoms with Crippen LogP contribution < -0.4 is 4.74 Å². The van der Waals surface area contributed by atoms with Crippen molar-refractivity contribution < 1.29 is 9.84 Å². The Hall–Kier alpha value is -2.53. The van der Waals surface area contributed by atoms with Gasteiger partial charge in [0.05, 0.1) is 11.1 Å². The van der Waals surface area contributed by atoms with Gasteiger partial charge in [-0.15, -0.1) is 11.8 Å². The van der Waals surface area contributed by atoms with Crippen LogP contribution in [0.15, 0.2) is 59.6 Å². The number of rotatable bonds is 3. The number of phenolic OH excluding ortho intramolecular Hbond substituents is 1. The number of aliphatic imine (C=N–C) groups is 1. The standard InChI is InChI=1S/C21H18N2O2S/c24-17-8-2-4-13-10-11-19(23-20(13)17)25-15-6-1-5-14(12-15)21-22-16-7-3-9-18(16)26-21/h1-2,4-6,8,10-12,16,18,24H,3,7,9H2/t16-,18-/m0/s1. The Morgan fingerprint density at radius 1 is 1.04 bits per heavy atom. The zero-order valence-corrected chi connectivity index (χ0v) is 14.9. The predicted octanol–water partition coefficient (Wildman–Crippen LogP) is 5.15. The molecule has 2 atom stereocenters. The summed E-state index contributed by atoms with van der Waals surface area (Å²) in [5, 5.41) is 12.6. The summed E-state index contributed by atoms with van der Waals surface area (Å²) >= 11 is 1.90. The summed E-state index contributed by atoms with van der Waals surface area (Å²) in [7, 11) is 0. The normalized spacial score (nSPS) is 21.6. The molecule has 1 saturated carbocycles. The third-order valence-corrected chi connectivity index (χ3v) is 6.36. The van der Waals surface area contributed by atoms with Gasteiger partial charge in [-0.25, -0.2) is 4.98 Å². The number of aromatic nitrogens is 1. The van der Waals surface area contributed by atoms with Gasteiger partial charge in [0.2, 0.25) is 5.88 Å². The molecule has 0 radical (unpaired) electrons. The molecule has 1 fully saturated rings. The van der Waals surface area contributed by atoms with Gasteiger partial charge >= 0.3 is 0 Å². The summed E-state index contributed by atoms with van der Waals surface area (Å²) < 4.78 is 5.95. The van der Waals surface area contributed by atoms with Crippen LogP contribution in [0.2, 0.25) is 0 Å². The van der Waals surface area contributed by atoms with Crippen molar-refractivity contribution in [3.8, 4) is 17.4 Å². The second-order valence-corrected chi connectivity index (χ2v) is 7.94. The number of hydrogen-bond acceptors (Lipinski definition) is 5. The first-order valence-corrected chi connectivity index (χ1v) is 9.76. The Balaban J connectivity index is 1.42. The van der Waals surface area contributed by atoms with E-state index in [4.69, 9.17) is 9.73 Å². The largest absolute Gasteiger partial charge is 0.506 e. The van der Waals surface area contributed by atoms with Crippen LogP contribution in [0.5, 0.6) is 17.4 Å². The van der Waals surface area contributed by atoms with Crippen LogP contribution >= 0.6 is 11.8 Å². The summed E-state index contributed by atoms with van der Waals surface area (Å²) in [6.07, 6.45) is 3.77. The molecule has 0 saturated heterocycles. The monoisotopic (exact) mass is 362 g/mol. The number of ether oxygens (including phenoxy) is 1. The molecule has 2 aromatic carbocycles. The average Bonchev–Trinajstić information content (AvgIpc) is 3.25. The molecule has 0 bridgehead atoms. The molecule has 5 rings (SSSR count). The Kier molecular flexibility index (Phi) is 3.82. The van der Waals surface area contributed by atoms with Crippen molar-refractivity contribution in [2.24, 2.45) is 4.99 Å². The summed E-state index contributed by atoms with van der Waals surface area (Å²) in [6.45, 7) is 0. The molecule has 3 aromatic rings. The smallest absolute Gasteiger partial charge is 0.219 e. The molecule has 1 N–H and O–H groups in total. The molecule has 1 aliphatic carbocycles.